The molecule has 35 heavy (non-hydrogen) atoms. The van der Waals surface area contributed by atoms with Gasteiger partial charge in [0.05, 0.1) is 19.1 Å². The highest BCUT2D eigenvalue weighted by Crippen LogP contribution is 2.35. The predicted molar refractivity (Wildman–Crippen MR) is 120 cm³/mol. The van der Waals surface area contributed by atoms with Crippen molar-refractivity contribution in [3.63, 3.8) is 0 Å². The lowest BCUT2D eigenvalue weighted by molar-refractivity contribution is -0.227. The largest absolute Gasteiger partial charge is 0.504 e. The quantitative estimate of drug-likeness (QED) is 0.284. The van der Waals surface area contributed by atoms with Gasteiger partial charge in [0.15, 0.2) is 33.5 Å². The summed E-state index contributed by atoms with van der Waals surface area (Å²) in [7, 11) is -3.63. The Morgan fingerprint density at radius 1 is 1.06 bits per heavy atom. The summed E-state index contributed by atoms with van der Waals surface area (Å²) in [4.78, 5) is 12.8. The number of fused-ring (bicyclic) bond motifs is 1. The molecule has 0 unspecified atom stereocenters. The van der Waals surface area contributed by atoms with Gasteiger partial charge in [0.1, 0.15) is 24.1 Å². The van der Waals surface area contributed by atoms with Gasteiger partial charge in [0.25, 0.3) is 10.1 Å². The third-order valence-electron chi connectivity index (χ3n) is 5.59. The number of rotatable bonds is 6. The molecule has 13 heteroatoms. The fourth-order valence-electron chi connectivity index (χ4n) is 3.82. The summed E-state index contributed by atoms with van der Waals surface area (Å²) < 4.78 is 55.3. The van der Waals surface area contributed by atoms with Crippen molar-refractivity contribution in [2.45, 2.75) is 29.9 Å². The van der Waals surface area contributed by atoms with Crippen LogP contribution in [0.25, 0.3) is 22.3 Å². The van der Waals surface area contributed by atoms with E-state index in [1.807, 2.05) is 0 Å². The van der Waals surface area contributed by atoms with E-state index in [1.165, 1.54) is 49.6 Å². The van der Waals surface area contributed by atoms with E-state index in [-0.39, 0.29) is 34.0 Å². The molecule has 0 saturated carbocycles. The van der Waals surface area contributed by atoms with Crippen LogP contribution in [0.4, 0.5) is 0 Å². The summed E-state index contributed by atoms with van der Waals surface area (Å²) in [6, 6.07) is 9.69. The number of hydrogen-bond acceptors (Lipinski definition) is 11. The molecule has 0 radical (unpaired) electrons. The van der Waals surface area contributed by atoms with Crippen molar-refractivity contribution in [3.8, 4) is 28.6 Å². The number of phenols is 1. The standard InChI is InChI=1S/C22H22O12S/c1-31-14-6-5-10(7-13(14)25)16-8-12(24)11-3-2-4-15(20(11)32-16)33-22-21(35(28,29)30)19(27)18(26)17(9-23)34-22/h2-8,17-19,21-23,25-27H,9H2,1H3,(H,28,29,30)/t17-,18-,19+,21-,22-/m1/s1. The number of aliphatic hydroxyl groups is 3. The van der Waals surface area contributed by atoms with Crippen molar-refractivity contribution < 1.29 is 52.0 Å². The molecular weight excluding hydrogens is 488 g/mol. The van der Waals surface area contributed by atoms with Gasteiger partial charge >= 0.3 is 0 Å². The Labute approximate surface area is 198 Å². The minimum atomic E-state index is -5.01. The van der Waals surface area contributed by atoms with Crippen LogP contribution in [0.3, 0.4) is 0 Å². The zero-order valence-corrected chi connectivity index (χ0v) is 19.0. The van der Waals surface area contributed by atoms with Crippen molar-refractivity contribution in [2.24, 2.45) is 0 Å². The van der Waals surface area contributed by atoms with Gasteiger partial charge in [0.2, 0.25) is 6.29 Å². The first-order valence-corrected chi connectivity index (χ1v) is 11.7. The Morgan fingerprint density at radius 2 is 1.80 bits per heavy atom. The van der Waals surface area contributed by atoms with Gasteiger partial charge in [-0.25, -0.2) is 0 Å². The molecule has 1 fully saturated rings. The first kappa shape index (κ1) is 24.9. The minimum Gasteiger partial charge on any atom is -0.504 e. The van der Waals surface area contributed by atoms with Gasteiger partial charge in [-0.3, -0.25) is 9.35 Å². The summed E-state index contributed by atoms with van der Waals surface area (Å²) >= 11 is 0. The molecule has 4 rings (SSSR count). The van der Waals surface area contributed by atoms with E-state index in [9.17, 15) is 38.2 Å². The Hall–Kier alpha value is -3.20. The lowest BCUT2D eigenvalue weighted by Gasteiger charge is -2.40. The molecule has 2 aromatic carbocycles. The van der Waals surface area contributed by atoms with Crippen molar-refractivity contribution in [3.05, 3.63) is 52.7 Å². The van der Waals surface area contributed by atoms with Crippen LogP contribution in [0.2, 0.25) is 0 Å². The molecule has 1 saturated heterocycles. The molecule has 5 atom stereocenters. The van der Waals surface area contributed by atoms with Gasteiger partial charge in [-0.05, 0) is 30.3 Å². The maximum atomic E-state index is 12.8. The van der Waals surface area contributed by atoms with Gasteiger partial charge in [-0.1, -0.05) is 6.07 Å². The number of hydrogen-bond donors (Lipinski definition) is 5. The van der Waals surface area contributed by atoms with Crippen molar-refractivity contribution in [1.82, 2.24) is 0 Å². The Kier molecular flexibility index (Phi) is 6.73. The lowest BCUT2D eigenvalue weighted by Crippen LogP contribution is -2.62. The van der Waals surface area contributed by atoms with E-state index in [0.29, 0.717) is 5.56 Å². The van der Waals surface area contributed by atoms with Gasteiger partial charge < -0.3 is 39.1 Å². The normalized spacial score (nSPS) is 24.9. The fraction of sp³-hybridized carbons (Fsp3) is 0.318. The monoisotopic (exact) mass is 510 g/mol. The van der Waals surface area contributed by atoms with E-state index >= 15 is 0 Å². The number of aromatic hydroxyl groups is 1. The molecule has 0 bridgehead atoms. The van der Waals surface area contributed by atoms with Crippen LogP contribution < -0.4 is 14.9 Å². The average molecular weight is 510 g/mol. The molecule has 1 aromatic heterocycles. The summed E-state index contributed by atoms with van der Waals surface area (Å²) in [5.74, 6) is -0.147. The minimum absolute atomic E-state index is 0.0380. The second-order valence-corrected chi connectivity index (χ2v) is 9.37. The molecule has 1 aliphatic rings. The molecule has 0 amide bonds. The zero-order valence-electron chi connectivity index (χ0n) is 18.1. The molecule has 2 heterocycles. The second kappa shape index (κ2) is 9.45. The summed E-state index contributed by atoms with van der Waals surface area (Å²) in [5.41, 5.74) is -0.286. The first-order valence-electron chi connectivity index (χ1n) is 10.2. The van der Waals surface area contributed by atoms with E-state index in [1.54, 1.807) is 0 Å². The maximum Gasteiger partial charge on any atom is 0.276 e. The van der Waals surface area contributed by atoms with E-state index < -0.39 is 52.0 Å². The number of phenolic OH excluding ortho intramolecular Hbond substituents is 1. The van der Waals surface area contributed by atoms with Crippen molar-refractivity contribution >= 4 is 21.1 Å². The Bertz CT molecular complexity index is 1400. The lowest BCUT2D eigenvalue weighted by atomic mass is 10.0. The van der Waals surface area contributed by atoms with Crippen LogP contribution in [0.15, 0.2) is 51.7 Å². The van der Waals surface area contributed by atoms with Crippen molar-refractivity contribution in [2.75, 3.05) is 13.7 Å². The highest BCUT2D eigenvalue weighted by Gasteiger charge is 2.51. The average Bonchev–Trinajstić information content (AvgIpc) is 2.80. The predicted octanol–water partition coefficient (Wildman–Crippen LogP) is 0.248. The summed E-state index contributed by atoms with van der Waals surface area (Å²) in [6.07, 6.45) is -7.19. The maximum absolute atomic E-state index is 12.8. The number of ether oxygens (including phenoxy) is 3. The smallest absolute Gasteiger partial charge is 0.276 e. The Balaban J connectivity index is 1.80. The SMILES string of the molecule is COc1ccc(-c2cc(=O)c3cccc(O[C@@H]4O[C@H](CO)[C@@H](O)[C@H](O)[C@H]4S(=O)(=O)O)c3o2)cc1O. The van der Waals surface area contributed by atoms with Gasteiger partial charge in [-0.2, -0.15) is 8.42 Å². The first-order chi connectivity index (χ1) is 16.5. The molecule has 5 N–H and O–H groups in total. The van der Waals surface area contributed by atoms with Crippen LogP contribution in [0.5, 0.6) is 17.2 Å². The Morgan fingerprint density at radius 3 is 2.43 bits per heavy atom. The van der Waals surface area contributed by atoms with E-state index in [0.717, 1.165) is 0 Å². The highest BCUT2D eigenvalue weighted by molar-refractivity contribution is 7.86. The van der Waals surface area contributed by atoms with Gasteiger partial charge in [-0.15, -0.1) is 0 Å². The molecule has 1 aliphatic heterocycles. The third-order valence-corrected chi connectivity index (χ3v) is 6.78. The van der Waals surface area contributed by atoms with Crippen LogP contribution in [0, 0.1) is 0 Å². The van der Waals surface area contributed by atoms with Crippen LogP contribution in [0.1, 0.15) is 0 Å². The molecule has 0 aliphatic carbocycles. The van der Waals surface area contributed by atoms with Crippen molar-refractivity contribution in [1.29, 1.82) is 0 Å². The third kappa shape index (κ3) is 4.69. The molecule has 0 spiro atoms. The van der Waals surface area contributed by atoms with Crippen LogP contribution >= 0.6 is 0 Å². The van der Waals surface area contributed by atoms with E-state index in [2.05, 4.69) is 0 Å². The number of benzene rings is 2. The zero-order chi connectivity index (χ0) is 25.5. The number of para-hydroxylation sites is 1. The molecule has 3 aromatic rings. The summed E-state index contributed by atoms with van der Waals surface area (Å²) in [5, 5.41) is 37.7. The van der Waals surface area contributed by atoms with Crippen LogP contribution in [-0.2, 0) is 14.9 Å². The molecule has 188 valence electrons. The number of aliphatic hydroxyl groups excluding tert-OH is 3. The second-order valence-electron chi connectivity index (χ2n) is 7.80. The highest BCUT2D eigenvalue weighted by atomic mass is 32.2. The topological polar surface area (TPSA) is 193 Å². The van der Waals surface area contributed by atoms with Crippen LogP contribution in [-0.4, -0.2) is 77.0 Å². The fourth-order valence-corrected chi connectivity index (χ4v) is 4.74. The number of methoxy groups -OCH3 is 1. The molecule has 12 nitrogen and oxygen atoms in total. The summed E-state index contributed by atoms with van der Waals surface area (Å²) in [6.45, 7) is -0.786. The van der Waals surface area contributed by atoms with Gasteiger partial charge in [0, 0.05) is 11.6 Å². The molecular formula is C22H22O12S. The van der Waals surface area contributed by atoms with E-state index in [4.69, 9.17) is 18.6 Å².